The number of ether oxygens (including phenoxy) is 1. The highest BCUT2D eigenvalue weighted by Crippen LogP contribution is 2.17. The molecule has 0 unspecified atom stereocenters. The molecule has 0 fully saturated rings. The molecule has 1 aromatic heterocycles. The number of hydrogen-bond donors (Lipinski definition) is 2. The van der Waals surface area contributed by atoms with Gasteiger partial charge in [-0.15, -0.1) is 0 Å². The number of benzene rings is 1. The molecule has 0 radical (unpaired) electrons. The molecule has 1 heterocycles. The highest BCUT2D eigenvalue weighted by atomic mass is 16.5. The van der Waals surface area contributed by atoms with Gasteiger partial charge in [-0.25, -0.2) is 0 Å². The zero-order chi connectivity index (χ0) is 15.6. The lowest BCUT2D eigenvalue weighted by Crippen LogP contribution is -2.03. The van der Waals surface area contributed by atoms with E-state index in [0.717, 1.165) is 29.0 Å². The second-order valence-corrected chi connectivity index (χ2v) is 4.80. The van der Waals surface area contributed by atoms with E-state index >= 15 is 0 Å². The molecular weight excluding hydrogens is 278 g/mol. The molecule has 0 saturated carbocycles. The maximum Gasteiger partial charge on any atom is 0.119 e. The van der Waals surface area contributed by atoms with Gasteiger partial charge in [-0.05, 0) is 30.2 Å². The Morgan fingerprint density at radius 2 is 2.23 bits per heavy atom. The number of pyridine rings is 1. The fourth-order valence-electron chi connectivity index (χ4n) is 2.00. The van der Waals surface area contributed by atoms with E-state index in [9.17, 15) is 5.11 Å². The molecule has 0 aliphatic rings. The molecule has 5 nitrogen and oxygen atoms in total. The third-order valence-corrected chi connectivity index (χ3v) is 3.16. The van der Waals surface area contributed by atoms with Crippen LogP contribution in [0.1, 0.15) is 24.0 Å². The highest BCUT2D eigenvalue weighted by Gasteiger charge is 2.02. The first kappa shape index (κ1) is 15.8. The number of nitriles is 1. The van der Waals surface area contributed by atoms with Crippen molar-refractivity contribution in [1.29, 1.82) is 5.26 Å². The quantitative estimate of drug-likeness (QED) is 0.733. The van der Waals surface area contributed by atoms with Crippen LogP contribution in [0.3, 0.4) is 0 Å². The molecular formula is C17H19N3O2. The molecule has 0 atom stereocenters. The minimum Gasteiger partial charge on any atom is -0.494 e. The van der Waals surface area contributed by atoms with Crippen molar-refractivity contribution in [2.24, 2.45) is 0 Å². The van der Waals surface area contributed by atoms with E-state index in [4.69, 9.17) is 10.00 Å². The molecule has 2 aromatic rings. The fraction of sp³-hybridized carbons (Fsp3) is 0.294. The molecule has 2 rings (SSSR count). The first-order chi connectivity index (χ1) is 10.8. The van der Waals surface area contributed by atoms with E-state index in [-0.39, 0.29) is 6.61 Å². The van der Waals surface area contributed by atoms with Crippen molar-refractivity contribution in [2.75, 3.05) is 11.9 Å². The summed E-state index contributed by atoms with van der Waals surface area (Å²) in [5.41, 5.74) is 2.72. The van der Waals surface area contributed by atoms with Gasteiger partial charge in [0.25, 0.3) is 0 Å². The molecule has 22 heavy (non-hydrogen) atoms. The van der Waals surface area contributed by atoms with Crippen molar-refractivity contribution >= 4 is 5.69 Å². The van der Waals surface area contributed by atoms with Crippen LogP contribution in [0.2, 0.25) is 0 Å². The Bertz CT molecular complexity index is 638. The number of hydrogen-bond acceptors (Lipinski definition) is 5. The first-order valence-electron chi connectivity index (χ1n) is 7.20. The van der Waals surface area contributed by atoms with Gasteiger partial charge in [0.1, 0.15) is 5.75 Å². The normalized spacial score (nSPS) is 10.0. The minimum atomic E-state index is -0.0209. The lowest BCUT2D eigenvalue weighted by Gasteiger charge is -2.11. The third kappa shape index (κ3) is 4.76. The number of nitrogens with zero attached hydrogens (tertiary/aromatic N) is 2. The monoisotopic (exact) mass is 297 g/mol. The molecule has 0 aliphatic heterocycles. The smallest absolute Gasteiger partial charge is 0.119 e. The number of nitrogens with one attached hydrogen (secondary N) is 1. The van der Waals surface area contributed by atoms with Crippen LogP contribution in [0, 0.1) is 11.3 Å². The van der Waals surface area contributed by atoms with Gasteiger partial charge in [-0.2, -0.15) is 5.26 Å². The van der Waals surface area contributed by atoms with Gasteiger partial charge < -0.3 is 15.2 Å². The van der Waals surface area contributed by atoms with Crippen LogP contribution in [-0.2, 0) is 13.2 Å². The van der Waals surface area contributed by atoms with E-state index in [1.54, 1.807) is 18.5 Å². The van der Waals surface area contributed by atoms with Crippen LogP contribution >= 0.6 is 0 Å². The molecule has 0 amide bonds. The molecule has 0 aliphatic carbocycles. The van der Waals surface area contributed by atoms with E-state index in [1.165, 1.54) is 0 Å². The van der Waals surface area contributed by atoms with Gasteiger partial charge in [-0.1, -0.05) is 12.1 Å². The summed E-state index contributed by atoms with van der Waals surface area (Å²) in [6, 6.07) is 11.7. The highest BCUT2D eigenvalue weighted by molar-refractivity contribution is 5.49. The largest absolute Gasteiger partial charge is 0.494 e. The van der Waals surface area contributed by atoms with Crippen LogP contribution in [0.4, 0.5) is 5.69 Å². The summed E-state index contributed by atoms with van der Waals surface area (Å²) < 4.78 is 5.61. The van der Waals surface area contributed by atoms with Crippen molar-refractivity contribution < 1.29 is 9.84 Å². The van der Waals surface area contributed by atoms with E-state index in [0.29, 0.717) is 19.6 Å². The maximum atomic E-state index is 9.29. The van der Waals surface area contributed by atoms with Crippen LogP contribution in [0.5, 0.6) is 5.75 Å². The fourth-order valence-corrected chi connectivity index (χ4v) is 2.00. The zero-order valence-electron chi connectivity index (χ0n) is 12.3. The summed E-state index contributed by atoms with van der Waals surface area (Å²) in [6.07, 6.45) is 4.60. The van der Waals surface area contributed by atoms with Gasteiger partial charge >= 0.3 is 0 Å². The maximum absolute atomic E-state index is 9.29. The van der Waals surface area contributed by atoms with Gasteiger partial charge in [0, 0.05) is 24.7 Å². The predicted octanol–water partition coefficient (Wildman–Crippen LogP) is 2.87. The summed E-state index contributed by atoms with van der Waals surface area (Å²) in [4.78, 5) is 4.06. The van der Waals surface area contributed by atoms with Crippen molar-refractivity contribution in [3.05, 3.63) is 53.9 Å². The number of aliphatic hydroxyl groups is 1. The number of unbranched alkanes of at least 4 members (excludes halogenated alkanes) is 1. The minimum absolute atomic E-state index is 0.0209. The Balaban J connectivity index is 1.91. The Morgan fingerprint density at radius 1 is 1.32 bits per heavy atom. The number of rotatable bonds is 8. The number of aliphatic hydroxyl groups excluding tert-OH is 1. The van der Waals surface area contributed by atoms with Gasteiger partial charge in [0.05, 0.1) is 31.2 Å². The van der Waals surface area contributed by atoms with E-state index in [1.807, 2.05) is 24.3 Å². The van der Waals surface area contributed by atoms with Crippen molar-refractivity contribution in [2.45, 2.75) is 26.0 Å². The van der Waals surface area contributed by atoms with Crippen LogP contribution < -0.4 is 10.1 Å². The van der Waals surface area contributed by atoms with Crippen molar-refractivity contribution in [3.63, 3.8) is 0 Å². The van der Waals surface area contributed by atoms with Gasteiger partial charge in [-0.3, -0.25) is 4.98 Å². The Kier molecular flexibility index (Phi) is 6.21. The average Bonchev–Trinajstić information content (AvgIpc) is 2.57. The Morgan fingerprint density at radius 3 is 3.05 bits per heavy atom. The molecule has 0 saturated heterocycles. The summed E-state index contributed by atoms with van der Waals surface area (Å²) in [6.45, 7) is 1.14. The molecule has 2 N–H and O–H groups in total. The lowest BCUT2D eigenvalue weighted by molar-refractivity contribution is 0.282. The first-order valence-corrected chi connectivity index (χ1v) is 7.20. The zero-order valence-corrected chi connectivity index (χ0v) is 12.3. The standard InChI is InChI=1S/C17H19N3O2/c18-7-1-2-9-22-16-5-3-4-14(10-16)11-20-17-12-19-8-6-15(17)13-21/h3-6,8,10,12,20-21H,1-2,9,11,13H2. The average molecular weight is 297 g/mol. The summed E-state index contributed by atoms with van der Waals surface area (Å²) in [5, 5.41) is 21.0. The molecule has 114 valence electrons. The third-order valence-electron chi connectivity index (χ3n) is 3.16. The van der Waals surface area contributed by atoms with Crippen molar-refractivity contribution in [3.8, 4) is 11.8 Å². The predicted molar refractivity (Wildman–Crippen MR) is 84.3 cm³/mol. The second kappa shape index (κ2) is 8.65. The lowest BCUT2D eigenvalue weighted by atomic mass is 10.2. The van der Waals surface area contributed by atoms with E-state index < -0.39 is 0 Å². The molecule has 0 spiro atoms. The summed E-state index contributed by atoms with van der Waals surface area (Å²) in [5.74, 6) is 0.797. The Hall–Kier alpha value is -2.58. The van der Waals surface area contributed by atoms with E-state index in [2.05, 4.69) is 16.4 Å². The molecule has 0 bridgehead atoms. The van der Waals surface area contributed by atoms with Gasteiger partial charge in [0.2, 0.25) is 0 Å². The second-order valence-electron chi connectivity index (χ2n) is 4.80. The summed E-state index contributed by atoms with van der Waals surface area (Å²) in [7, 11) is 0. The Labute approximate surface area is 130 Å². The van der Waals surface area contributed by atoms with Crippen LogP contribution in [-0.4, -0.2) is 16.7 Å². The molecule has 5 heteroatoms. The van der Waals surface area contributed by atoms with Crippen LogP contribution in [0.15, 0.2) is 42.7 Å². The van der Waals surface area contributed by atoms with Crippen LogP contribution in [0.25, 0.3) is 0 Å². The summed E-state index contributed by atoms with van der Waals surface area (Å²) >= 11 is 0. The molecule has 1 aromatic carbocycles. The van der Waals surface area contributed by atoms with Gasteiger partial charge in [0.15, 0.2) is 0 Å². The number of aromatic nitrogens is 1. The number of anilines is 1. The van der Waals surface area contributed by atoms with Crippen molar-refractivity contribution in [1.82, 2.24) is 4.98 Å². The SMILES string of the molecule is N#CCCCOc1cccc(CNc2cnccc2CO)c1. The topological polar surface area (TPSA) is 78.2 Å².